The van der Waals surface area contributed by atoms with Gasteiger partial charge in [0.1, 0.15) is 0 Å². The number of benzene rings is 1. The van der Waals surface area contributed by atoms with Crippen LogP contribution in [0.5, 0.6) is 0 Å². The van der Waals surface area contributed by atoms with Crippen LogP contribution in [0.15, 0.2) is 24.3 Å². The fraction of sp³-hybridized carbons (Fsp3) is 0.429. The van der Waals surface area contributed by atoms with E-state index in [4.69, 9.17) is 5.73 Å². The number of amides is 2. The Balaban J connectivity index is 1.61. The molecule has 4 nitrogen and oxygen atoms in total. The predicted octanol–water partition coefficient (Wildman–Crippen LogP) is 1.77. The maximum atomic E-state index is 12.0. The normalized spacial score (nSPS) is 28.6. The molecule has 2 amide bonds. The van der Waals surface area contributed by atoms with E-state index in [0.717, 1.165) is 30.4 Å². The van der Waals surface area contributed by atoms with E-state index in [0.29, 0.717) is 5.56 Å². The number of rotatable bonds is 3. The van der Waals surface area contributed by atoms with Crippen molar-refractivity contribution in [2.24, 2.45) is 23.5 Å². The summed E-state index contributed by atoms with van der Waals surface area (Å²) < 4.78 is 0. The number of fused-ring (bicyclic) bond motifs is 1. The molecule has 2 saturated carbocycles. The predicted molar refractivity (Wildman–Crippen MR) is 67.9 cm³/mol. The first-order chi connectivity index (χ1) is 8.63. The molecule has 0 bridgehead atoms. The lowest BCUT2D eigenvalue weighted by Gasteiger charge is -2.12. The molecule has 2 aliphatic rings. The molecule has 0 spiro atoms. The van der Waals surface area contributed by atoms with Crippen LogP contribution in [0.4, 0.5) is 5.69 Å². The molecule has 3 rings (SSSR count). The van der Waals surface area contributed by atoms with Crippen LogP contribution in [-0.2, 0) is 4.79 Å². The third-order valence-electron chi connectivity index (χ3n) is 4.05. The van der Waals surface area contributed by atoms with Crippen LogP contribution in [0.2, 0.25) is 0 Å². The standard InChI is InChI=1S/C14H16N2O2/c15-13(17)8-1-3-12(4-2-8)16-14(18)11-6-9-5-10(9)7-11/h1-4,9-11H,5-7H2,(H2,15,17)(H,16,18). The zero-order valence-corrected chi connectivity index (χ0v) is 10.1. The van der Waals surface area contributed by atoms with Gasteiger partial charge in [-0.15, -0.1) is 0 Å². The number of primary amides is 1. The van der Waals surface area contributed by atoms with Gasteiger partial charge in [0.2, 0.25) is 11.8 Å². The van der Waals surface area contributed by atoms with Crippen LogP contribution >= 0.6 is 0 Å². The van der Waals surface area contributed by atoms with Crippen molar-refractivity contribution in [3.63, 3.8) is 0 Å². The second-order valence-electron chi connectivity index (χ2n) is 5.36. The van der Waals surface area contributed by atoms with Gasteiger partial charge in [-0.1, -0.05) is 0 Å². The summed E-state index contributed by atoms with van der Waals surface area (Å²) in [4.78, 5) is 22.9. The highest BCUT2D eigenvalue weighted by atomic mass is 16.2. The average molecular weight is 244 g/mol. The summed E-state index contributed by atoms with van der Waals surface area (Å²) >= 11 is 0. The van der Waals surface area contributed by atoms with Gasteiger partial charge in [0.15, 0.2) is 0 Å². The van der Waals surface area contributed by atoms with Crippen LogP contribution in [0.1, 0.15) is 29.6 Å². The van der Waals surface area contributed by atoms with Crippen LogP contribution in [0.3, 0.4) is 0 Å². The first-order valence-corrected chi connectivity index (χ1v) is 6.34. The molecule has 0 aliphatic heterocycles. The minimum atomic E-state index is -0.455. The van der Waals surface area contributed by atoms with E-state index in [-0.39, 0.29) is 11.8 Å². The highest BCUT2D eigenvalue weighted by Gasteiger charge is 2.47. The lowest BCUT2D eigenvalue weighted by molar-refractivity contribution is -0.120. The zero-order valence-electron chi connectivity index (χ0n) is 10.1. The number of nitrogens with two attached hydrogens (primary N) is 1. The summed E-state index contributed by atoms with van der Waals surface area (Å²) in [6.45, 7) is 0. The molecule has 1 aromatic rings. The molecule has 2 fully saturated rings. The lowest BCUT2D eigenvalue weighted by atomic mass is 10.0. The van der Waals surface area contributed by atoms with Gasteiger partial charge in [0, 0.05) is 17.2 Å². The molecule has 1 aromatic carbocycles. The van der Waals surface area contributed by atoms with Gasteiger partial charge in [0.25, 0.3) is 0 Å². The summed E-state index contributed by atoms with van der Waals surface area (Å²) in [5.41, 5.74) is 6.34. The number of hydrogen-bond donors (Lipinski definition) is 2. The van der Waals surface area contributed by atoms with Crippen molar-refractivity contribution in [3.8, 4) is 0 Å². The smallest absolute Gasteiger partial charge is 0.248 e. The highest BCUT2D eigenvalue weighted by Crippen LogP contribution is 2.54. The van der Waals surface area contributed by atoms with Gasteiger partial charge in [-0.2, -0.15) is 0 Å². The fourth-order valence-corrected chi connectivity index (χ4v) is 2.89. The first kappa shape index (κ1) is 11.3. The number of anilines is 1. The minimum absolute atomic E-state index is 0.106. The Morgan fingerprint density at radius 2 is 1.67 bits per heavy atom. The number of hydrogen-bond acceptors (Lipinski definition) is 2. The summed E-state index contributed by atoms with van der Waals surface area (Å²) in [5, 5.41) is 2.90. The average Bonchev–Trinajstić information content (AvgIpc) is 2.96. The lowest BCUT2D eigenvalue weighted by Crippen LogP contribution is -2.21. The number of nitrogens with one attached hydrogen (secondary N) is 1. The molecule has 0 radical (unpaired) electrons. The van der Waals surface area contributed by atoms with E-state index in [1.165, 1.54) is 6.42 Å². The third kappa shape index (κ3) is 2.10. The Bertz CT molecular complexity index is 485. The second kappa shape index (κ2) is 4.12. The van der Waals surface area contributed by atoms with Gasteiger partial charge in [0.05, 0.1) is 0 Å². The van der Waals surface area contributed by atoms with Gasteiger partial charge < -0.3 is 11.1 Å². The van der Waals surface area contributed by atoms with E-state index >= 15 is 0 Å². The maximum Gasteiger partial charge on any atom is 0.248 e. The van der Waals surface area contributed by atoms with Crippen molar-refractivity contribution in [1.82, 2.24) is 0 Å². The van der Waals surface area contributed by atoms with Crippen LogP contribution < -0.4 is 11.1 Å². The SMILES string of the molecule is NC(=O)c1ccc(NC(=O)C2CC3CC3C2)cc1. The van der Waals surface area contributed by atoms with Crippen LogP contribution in [0.25, 0.3) is 0 Å². The summed E-state index contributed by atoms with van der Waals surface area (Å²) in [6, 6.07) is 6.69. The van der Waals surface area contributed by atoms with Gasteiger partial charge in [-0.25, -0.2) is 0 Å². The second-order valence-corrected chi connectivity index (χ2v) is 5.36. The molecular formula is C14H16N2O2. The molecule has 4 heteroatoms. The van der Waals surface area contributed by atoms with E-state index < -0.39 is 5.91 Å². The highest BCUT2D eigenvalue weighted by molar-refractivity contribution is 5.95. The molecule has 94 valence electrons. The minimum Gasteiger partial charge on any atom is -0.366 e. The topological polar surface area (TPSA) is 72.2 Å². The molecule has 0 heterocycles. The Morgan fingerprint density at radius 1 is 1.06 bits per heavy atom. The Kier molecular flexibility index (Phi) is 2.58. The zero-order chi connectivity index (χ0) is 12.7. The van der Waals surface area contributed by atoms with Crippen LogP contribution in [-0.4, -0.2) is 11.8 Å². The maximum absolute atomic E-state index is 12.0. The van der Waals surface area contributed by atoms with Gasteiger partial charge in [-0.3, -0.25) is 9.59 Å². The first-order valence-electron chi connectivity index (χ1n) is 6.34. The molecular weight excluding hydrogens is 228 g/mol. The third-order valence-corrected chi connectivity index (χ3v) is 4.05. The summed E-state index contributed by atoms with van der Waals surface area (Å²) in [5.74, 6) is 1.43. The van der Waals surface area contributed by atoms with E-state index in [2.05, 4.69) is 5.32 Å². The molecule has 0 saturated heterocycles. The van der Waals surface area contributed by atoms with Gasteiger partial charge >= 0.3 is 0 Å². The molecule has 2 atom stereocenters. The van der Waals surface area contributed by atoms with Crippen molar-refractivity contribution in [2.45, 2.75) is 19.3 Å². The monoisotopic (exact) mass is 244 g/mol. The van der Waals surface area contributed by atoms with Crippen LogP contribution in [0, 0.1) is 17.8 Å². The van der Waals surface area contributed by atoms with Crippen molar-refractivity contribution in [2.75, 3.05) is 5.32 Å². The van der Waals surface area contributed by atoms with Crippen molar-refractivity contribution in [3.05, 3.63) is 29.8 Å². The van der Waals surface area contributed by atoms with E-state index in [1.807, 2.05) is 0 Å². The number of carbonyl (C=O) groups is 2. The van der Waals surface area contributed by atoms with Crippen molar-refractivity contribution < 1.29 is 9.59 Å². The molecule has 0 aromatic heterocycles. The fourth-order valence-electron chi connectivity index (χ4n) is 2.89. The van der Waals surface area contributed by atoms with E-state index in [1.54, 1.807) is 24.3 Å². The van der Waals surface area contributed by atoms with Gasteiger partial charge in [-0.05, 0) is 55.4 Å². The molecule has 2 unspecified atom stereocenters. The van der Waals surface area contributed by atoms with Crippen molar-refractivity contribution >= 4 is 17.5 Å². The molecule has 18 heavy (non-hydrogen) atoms. The Labute approximate surface area is 106 Å². The Morgan fingerprint density at radius 3 is 2.22 bits per heavy atom. The quantitative estimate of drug-likeness (QED) is 0.850. The largest absolute Gasteiger partial charge is 0.366 e. The number of carbonyl (C=O) groups excluding carboxylic acids is 2. The molecule has 3 N–H and O–H groups in total. The van der Waals surface area contributed by atoms with E-state index in [9.17, 15) is 9.59 Å². The Hall–Kier alpha value is -1.84. The summed E-state index contributed by atoms with van der Waals surface area (Å²) in [7, 11) is 0. The molecule has 2 aliphatic carbocycles. The van der Waals surface area contributed by atoms with Crippen molar-refractivity contribution in [1.29, 1.82) is 0 Å². The summed E-state index contributed by atoms with van der Waals surface area (Å²) in [6.07, 6.45) is 3.39.